The van der Waals surface area contributed by atoms with Crippen molar-refractivity contribution in [3.05, 3.63) is 69.2 Å². The van der Waals surface area contributed by atoms with Crippen LogP contribution >= 0.6 is 23.2 Å². The maximum atomic E-state index is 12.8. The van der Waals surface area contributed by atoms with Gasteiger partial charge < -0.3 is 9.64 Å². The molecule has 1 saturated heterocycles. The van der Waals surface area contributed by atoms with Crippen LogP contribution in [0, 0.1) is 0 Å². The fourth-order valence-electron chi connectivity index (χ4n) is 3.08. The molecule has 1 amide bonds. The Hall–Kier alpha value is -1.55. The van der Waals surface area contributed by atoms with Gasteiger partial charge in [-0.3, -0.25) is 4.79 Å². The van der Waals surface area contributed by atoms with Crippen molar-refractivity contribution in [1.82, 2.24) is 4.90 Å². The number of nitrogens with zero attached hydrogens (tertiary/aromatic N) is 1. The number of aryl methyl sites for hydroxylation is 1. The third-order valence-electron chi connectivity index (χ3n) is 4.35. The zero-order valence-corrected chi connectivity index (χ0v) is 15.7. The molecule has 1 aliphatic rings. The van der Waals surface area contributed by atoms with Crippen LogP contribution in [-0.2, 0) is 11.2 Å². The predicted octanol–water partition coefficient (Wildman–Crippen LogP) is 5.16. The molecule has 0 saturated carbocycles. The Labute approximate surface area is 158 Å². The van der Waals surface area contributed by atoms with Crippen LogP contribution < -0.4 is 0 Å². The summed E-state index contributed by atoms with van der Waals surface area (Å²) in [5.74, 6) is 0.0319. The average Bonchev–Trinajstić information content (AvgIpc) is 2.61. The maximum absolute atomic E-state index is 12.8. The molecule has 1 fully saturated rings. The minimum atomic E-state index is -0.215. The first kappa shape index (κ1) is 18.2. The van der Waals surface area contributed by atoms with E-state index in [9.17, 15) is 4.79 Å². The molecule has 0 spiro atoms. The van der Waals surface area contributed by atoms with Gasteiger partial charge in [0.25, 0.3) is 5.91 Å². The van der Waals surface area contributed by atoms with E-state index in [-0.39, 0.29) is 12.0 Å². The Kier molecular flexibility index (Phi) is 6.00. The van der Waals surface area contributed by atoms with E-state index in [4.69, 9.17) is 27.9 Å². The Morgan fingerprint density at radius 1 is 1.16 bits per heavy atom. The van der Waals surface area contributed by atoms with Crippen LogP contribution in [0.1, 0.15) is 40.9 Å². The summed E-state index contributed by atoms with van der Waals surface area (Å²) in [5, 5.41) is 1.14. The fraction of sp³-hybridized carbons (Fsp3) is 0.350. The van der Waals surface area contributed by atoms with Crippen molar-refractivity contribution in [2.75, 3.05) is 19.7 Å². The van der Waals surface area contributed by atoms with Gasteiger partial charge in [0.2, 0.25) is 0 Å². The van der Waals surface area contributed by atoms with Crippen molar-refractivity contribution in [3.63, 3.8) is 0 Å². The lowest BCUT2D eigenvalue weighted by Gasteiger charge is -2.33. The molecule has 0 aromatic heterocycles. The van der Waals surface area contributed by atoms with E-state index in [0.29, 0.717) is 35.3 Å². The number of halogens is 2. The highest BCUT2D eigenvalue weighted by Crippen LogP contribution is 2.28. The monoisotopic (exact) mass is 377 g/mol. The van der Waals surface area contributed by atoms with Gasteiger partial charge in [0, 0.05) is 22.2 Å². The van der Waals surface area contributed by atoms with E-state index in [1.54, 1.807) is 6.07 Å². The molecule has 0 N–H and O–H groups in total. The lowest BCUT2D eigenvalue weighted by Crippen LogP contribution is -2.42. The first-order chi connectivity index (χ1) is 12.1. The lowest BCUT2D eigenvalue weighted by molar-refractivity contribution is -0.0228. The number of carbonyl (C=O) groups is 1. The van der Waals surface area contributed by atoms with Gasteiger partial charge in [0.1, 0.15) is 6.10 Å². The highest BCUT2D eigenvalue weighted by atomic mass is 35.5. The highest BCUT2D eigenvalue weighted by molar-refractivity contribution is 6.34. The molecule has 132 valence electrons. The molecule has 1 aliphatic heterocycles. The average molecular weight is 378 g/mol. The summed E-state index contributed by atoms with van der Waals surface area (Å²) < 4.78 is 5.83. The molecule has 5 heteroatoms. The summed E-state index contributed by atoms with van der Waals surface area (Å²) in [5.41, 5.74) is 2.87. The van der Waals surface area contributed by atoms with Gasteiger partial charge in [-0.15, -0.1) is 0 Å². The number of hydrogen-bond donors (Lipinski definition) is 0. The minimum Gasteiger partial charge on any atom is -0.370 e. The van der Waals surface area contributed by atoms with Gasteiger partial charge in [-0.2, -0.15) is 0 Å². The number of morpholine rings is 1. The molecule has 25 heavy (non-hydrogen) atoms. The van der Waals surface area contributed by atoms with Crippen molar-refractivity contribution in [3.8, 4) is 0 Å². The minimum absolute atomic E-state index is 0.0319. The summed E-state index contributed by atoms with van der Waals surface area (Å²) in [7, 11) is 0. The van der Waals surface area contributed by atoms with Crippen LogP contribution in [0.25, 0.3) is 0 Å². The second-order valence-electron chi connectivity index (χ2n) is 6.26. The van der Waals surface area contributed by atoms with Gasteiger partial charge in [-0.05, 0) is 47.9 Å². The standard InChI is InChI=1S/C20H21Cl2NO2/c1-2-3-14-4-6-15(7-5-14)20(24)23-8-9-25-19(13-23)16-10-17(21)12-18(22)11-16/h4-7,10-12,19H,2-3,8-9,13H2,1H3. The van der Waals surface area contributed by atoms with Crippen LogP contribution in [0.2, 0.25) is 10.0 Å². The Bertz CT molecular complexity index is 726. The van der Waals surface area contributed by atoms with Crippen LogP contribution in [0.15, 0.2) is 42.5 Å². The van der Waals surface area contributed by atoms with E-state index in [1.165, 1.54) is 5.56 Å². The second kappa shape index (κ2) is 8.22. The Morgan fingerprint density at radius 3 is 2.48 bits per heavy atom. The summed E-state index contributed by atoms with van der Waals surface area (Å²) in [6.45, 7) is 3.72. The molecule has 0 radical (unpaired) electrons. The molecular formula is C20H21Cl2NO2. The second-order valence-corrected chi connectivity index (χ2v) is 7.13. The quantitative estimate of drug-likeness (QED) is 0.736. The van der Waals surface area contributed by atoms with Crippen molar-refractivity contribution < 1.29 is 9.53 Å². The number of ether oxygens (including phenoxy) is 1. The Balaban J connectivity index is 1.73. The van der Waals surface area contributed by atoms with Crippen LogP contribution in [-0.4, -0.2) is 30.5 Å². The van der Waals surface area contributed by atoms with Gasteiger partial charge >= 0.3 is 0 Å². The lowest BCUT2D eigenvalue weighted by atomic mass is 10.1. The number of benzene rings is 2. The van der Waals surface area contributed by atoms with Gasteiger partial charge in [0.05, 0.1) is 13.2 Å². The largest absolute Gasteiger partial charge is 0.370 e. The topological polar surface area (TPSA) is 29.5 Å². The number of carbonyl (C=O) groups excluding carboxylic acids is 1. The van der Waals surface area contributed by atoms with E-state index < -0.39 is 0 Å². The summed E-state index contributed by atoms with van der Waals surface area (Å²) in [6, 6.07) is 13.3. The zero-order valence-electron chi connectivity index (χ0n) is 14.2. The number of hydrogen-bond acceptors (Lipinski definition) is 2. The molecule has 2 aromatic rings. The fourth-order valence-corrected chi connectivity index (χ4v) is 3.62. The normalized spacial score (nSPS) is 17.6. The molecule has 0 aliphatic carbocycles. The van der Waals surface area contributed by atoms with Gasteiger partial charge in [-0.1, -0.05) is 48.7 Å². The zero-order chi connectivity index (χ0) is 17.8. The Morgan fingerprint density at radius 2 is 1.84 bits per heavy atom. The van der Waals surface area contributed by atoms with E-state index in [0.717, 1.165) is 18.4 Å². The third kappa shape index (κ3) is 4.55. The van der Waals surface area contributed by atoms with E-state index in [1.807, 2.05) is 41.3 Å². The first-order valence-corrected chi connectivity index (χ1v) is 9.28. The molecule has 0 bridgehead atoms. The van der Waals surface area contributed by atoms with Gasteiger partial charge in [0.15, 0.2) is 0 Å². The van der Waals surface area contributed by atoms with Crippen molar-refractivity contribution in [1.29, 1.82) is 0 Å². The summed E-state index contributed by atoms with van der Waals surface area (Å²) in [6.07, 6.45) is 1.91. The smallest absolute Gasteiger partial charge is 0.254 e. The third-order valence-corrected chi connectivity index (χ3v) is 4.79. The summed E-state index contributed by atoms with van der Waals surface area (Å²) in [4.78, 5) is 14.6. The van der Waals surface area contributed by atoms with Crippen molar-refractivity contribution in [2.24, 2.45) is 0 Å². The van der Waals surface area contributed by atoms with Crippen molar-refractivity contribution >= 4 is 29.1 Å². The molecule has 1 unspecified atom stereocenters. The van der Waals surface area contributed by atoms with Crippen LogP contribution in [0.5, 0.6) is 0 Å². The molecule has 3 rings (SSSR count). The number of amides is 1. The van der Waals surface area contributed by atoms with Gasteiger partial charge in [-0.25, -0.2) is 0 Å². The highest BCUT2D eigenvalue weighted by Gasteiger charge is 2.26. The molecule has 1 heterocycles. The molecule has 3 nitrogen and oxygen atoms in total. The SMILES string of the molecule is CCCc1ccc(C(=O)N2CCOC(c3cc(Cl)cc(Cl)c3)C2)cc1. The predicted molar refractivity (Wildman–Crippen MR) is 101 cm³/mol. The van der Waals surface area contributed by atoms with E-state index in [2.05, 4.69) is 6.92 Å². The molecule has 1 atom stereocenters. The van der Waals surface area contributed by atoms with Crippen LogP contribution in [0.4, 0.5) is 0 Å². The molecular weight excluding hydrogens is 357 g/mol. The van der Waals surface area contributed by atoms with Crippen molar-refractivity contribution in [2.45, 2.75) is 25.9 Å². The van der Waals surface area contributed by atoms with E-state index >= 15 is 0 Å². The number of rotatable bonds is 4. The first-order valence-electron chi connectivity index (χ1n) is 8.52. The molecule has 2 aromatic carbocycles. The van der Waals surface area contributed by atoms with Crippen LogP contribution in [0.3, 0.4) is 0 Å². The maximum Gasteiger partial charge on any atom is 0.254 e. The summed E-state index contributed by atoms with van der Waals surface area (Å²) >= 11 is 12.2.